The first-order valence-corrected chi connectivity index (χ1v) is 28.4. The first-order chi connectivity index (χ1) is 34.4. The first-order valence-electron chi connectivity index (χ1n) is 28.4. The molecule has 1 aliphatic heterocycles. The van der Waals surface area contributed by atoms with E-state index in [0.717, 1.165) is 97.0 Å². The third kappa shape index (κ3) is 25.1. The molecule has 1 heterocycles. The minimum atomic E-state index is 0. The average Bonchev–Trinajstić information content (AvgIpc) is 3.68. The predicted molar refractivity (Wildman–Crippen MR) is 303 cm³/mol. The Morgan fingerprint density at radius 2 is 0.732 bits per heavy atom. The van der Waals surface area contributed by atoms with Gasteiger partial charge in [-0.3, -0.25) is 0 Å². The fourth-order valence-electron chi connectivity index (χ4n) is 9.17. The second-order valence-corrected chi connectivity index (χ2v) is 19.7. The zero-order valence-corrected chi connectivity index (χ0v) is 47.1. The van der Waals surface area contributed by atoms with Crippen molar-refractivity contribution in [2.24, 2.45) is 0 Å². The first kappa shape index (κ1) is 63.2. The molecule has 4 aromatic rings. The number of unbranched alkanes of at least 4 members (excludes halogenated alkanes) is 17. The van der Waals surface area contributed by atoms with Crippen molar-refractivity contribution in [1.29, 1.82) is 0 Å². The SMILES string of the molecule is CCCCCCCCCCCCCCC#CC1=C(c2cc(CCCC)cc(CCCC)c2)[N+](=[N-])C(c2cc(CCCC)cc(CCCC)c2)=C1CCCC.OCc1ccccc1.OCc1ccccc1.[Pd]. The summed E-state index contributed by atoms with van der Waals surface area (Å²) < 4.78 is 1.57. The molecule has 0 spiro atoms. The van der Waals surface area contributed by atoms with Crippen molar-refractivity contribution in [2.45, 2.75) is 235 Å². The van der Waals surface area contributed by atoms with Gasteiger partial charge in [0, 0.05) is 43.5 Å². The van der Waals surface area contributed by atoms with Gasteiger partial charge in [-0.15, -0.1) is 0 Å². The minimum absolute atomic E-state index is 0. The van der Waals surface area contributed by atoms with Crippen LogP contribution in [0.4, 0.5) is 0 Å². The Morgan fingerprint density at radius 3 is 1.08 bits per heavy atom. The van der Waals surface area contributed by atoms with Crippen LogP contribution in [0.3, 0.4) is 0 Å². The van der Waals surface area contributed by atoms with Gasteiger partial charge in [-0.25, -0.2) is 4.70 Å². The van der Waals surface area contributed by atoms with Crippen molar-refractivity contribution in [3.05, 3.63) is 158 Å². The Balaban J connectivity index is 0.000000852. The Morgan fingerprint density at radius 1 is 0.394 bits per heavy atom. The smallest absolute Gasteiger partial charge is 0.223 e. The van der Waals surface area contributed by atoms with E-state index in [9.17, 15) is 5.53 Å². The monoisotopic (exact) mass is 1050 g/mol. The fourth-order valence-corrected chi connectivity index (χ4v) is 9.17. The van der Waals surface area contributed by atoms with E-state index in [4.69, 9.17) is 10.2 Å². The molecule has 4 nitrogen and oxygen atoms in total. The third-order valence-corrected chi connectivity index (χ3v) is 13.4. The summed E-state index contributed by atoms with van der Waals surface area (Å²) in [4.78, 5) is 0. The van der Waals surface area contributed by atoms with E-state index in [2.05, 4.69) is 89.8 Å². The maximum Gasteiger partial charge on any atom is 0.223 e. The van der Waals surface area contributed by atoms with E-state index in [1.54, 1.807) is 4.70 Å². The molecule has 0 saturated heterocycles. The Kier molecular flexibility index (Phi) is 36.1. The van der Waals surface area contributed by atoms with Crippen LogP contribution in [0.15, 0.2) is 108 Å². The molecule has 0 saturated carbocycles. The van der Waals surface area contributed by atoms with Crippen molar-refractivity contribution in [3.63, 3.8) is 0 Å². The van der Waals surface area contributed by atoms with Crippen LogP contribution in [-0.2, 0) is 59.3 Å². The molecule has 1 aliphatic rings. The minimum Gasteiger partial charge on any atom is -0.493 e. The van der Waals surface area contributed by atoms with Crippen LogP contribution >= 0.6 is 0 Å². The number of aliphatic hydroxyl groups is 2. The van der Waals surface area contributed by atoms with Crippen molar-refractivity contribution >= 4 is 11.4 Å². The van der Waals surface area contributed by atoms with Crippen LogP contribution in [0, 0.1) is 11.8 Å². The van der Waals surface area contributed by atoms with Gasteiger partial charge in [-0.05, 0) is 128 Å². The zero-order chi connectivity index (χ0) is 50.4. The molecule has 4 aromatic carbocycles. The van der Waals surface area contributed by atoms with Crippen LogP contribution in [0.1, 0.15) is 240 Å². The number of nitrogens with zero attached hydrogens (tertiary/aromatic N) is 2. The number of allylic oxidation sites excluding steroid dienone is 2. The second-order valence-electron chi connectivity index (χ2n) is 19.7. The number of rotatable bonds is 31. The van der Waals surface area contributed by atoms with E-state index in [1.165, 1.54) is 150 Å². The van der Waals surface area contributed by atoms with Crippen LogP contribution in [0.5, 0.6) is 0 Å². The van der Waals surface area contributed by atoms with Gasteiger partial charge in [0.25, 0.3) is 0 Å². The van der Waals surface area contributed by atoms with Gasteiger partial charge in [0.1, 0.15) is 5.57 Å². The molecule has 0 radical (unpaired) electrons. The maximum absolute atomic E-state index is 12.5. The van der Waals surface area contributed by atoms with Crippen LogP contribution < -0.4 is 0 Å². The molecular weight excluding hydrogens is 959 g/mol. The molecule has 0 amide bonds. The van der Waals surface area contributed by atoms with E-state index in [0.29, 0.717) is 0 Å². The number of hydrogen-bond donors (Lipinski definition) is 2. The van der Waals surface area contributed by atoms with Crippen molar-refractivity contribution < 1.29 is 35.3 Å². The fraction of sp³-hybridized carbons (Fsp3) is 0.545. The molecule has 0 atom stereocenters. The summed E-state index contributed by atoms with van der Waals surface area (Å²) in [6.07, 6.45) is 34.1. The molecule has 0 aromatic heterocycles. The largest absolute Gasteiger partial charge is 0.493 e. The summed E-state index contributed by atoms with van der Waals surface area (Å²) in [6, 6.07) is 33.4. The van der Waals surface area contributed by atoms with Crippen LogP contribution in [0.2, 0.25) is 0 Å². The van der Waals surface area contributed by atoms with E-state index >= 15 is 0 Å². The van der Waals surface area contributed by atoms with Gasteiger partial charge in [0.15, 0.2) is 0 Å². The Labute approximate surface area is 448 Å². The van der Waals surface area contributed by atoms with Gasteiger partial charge in [0.2, 0.25) is 11.4 Å². The van der Waals surface area contributed by atoms with Gasteiger partial charge >= 0.3 is 0 Å². The molecule has 2 N–H and O–H groups in total. The average molecular weight is 1060 g/mol. The number of aryl methyl sites for hydroxylation is 4. The van der Waals surface area contributed by atoms with Gasteiger partial charge in [-0.2, -0.15) is 0 Å². The molecule has 0 unspecified atom stereocenters. The molecule has 5 rings (SSSR count). The zero-order valence-electron chi connectivity index (χ0n) is 45.6. The Hall–Kier alpha value is -3.90. The molecule has 0 aliphatic carbocycles. The summed E-state index contributed by atoms with van der Waals surface area (Å²) in [5.74, 6) is 7.41. The topological polar surface area (TPSA) is 65.8 Å². The quantitative estimate of drug-likeness (QED) is 0.0228. The Bertz CT molecular complexity index is 2050. The molecule has 71 heavy (non-hydrogen) atoms. The predicted octanol–water partition coefficient (Wildman–Crippen LogP) is 18.9. The standard InChI is InChI=1S/C52H80N2.2C7H8O.Pd/c1-7-13-19-20-21-22-23-24-25-26-27-28-29-30-36-50-49(35-18-12-6)51(47-39-43(31-14-8-2)37-44(40-47)32-15-9-3)54(53)52(50)48-41-45(33-16-10-4)38-46(42-48)34-17-11-5;2*8-6-7-4-2-1-3-5-7;/h37-42H,7-29,31-35H2,1-6H3;2*1-5,8H,6H2;. The van der Waals surface area contributed by atoms with E-state index in [1.807, 2.05) is 60.7 Å². The van der Waals surface area contributed by atoms with E-state index < -0.39 is 0 Å². The maximum atomic E-state index is 12.5. The molecule has 0 bridgehead atoms. The van der Waals surface area contributed by atoms with E-state index in [-0.39, 0.29) is 33.6 Å². The summed E-state index contributed by atoms with van der Waals surface area (Å²) in [5, 5.41) is 17.1. The van der Waals surface area contributed by atoms with Gasteiger partial charge in [0.05, 0.1) is 13.2 Å². The van der Waals surface area contributed by atoms with Crippen molar-refractivity contribution in [1.82, 2.24) is 0 Å². The normalized spacial score (nSPS) is 11.9. The van der Waals surface area contributed by atoms with Crippen molar-refractivity contribution in [2.75, 3.05) is 0 Å². The summed E-state index contributed by atoms with van der Waals surface area (Å²) in [7, 11) is 0. The van der Waals surface area contributed by atoms with Crippen molar-refractivity contribution in [3.8, 4) is 11.8 Å². The van der Waals surface area contributed by atoms with Gasteiger partial charge < -0.3 is 15.7 Å². The van der Waals surface area contributed by atoms with Crippen LogP contribution in [-0.4, -0.2) is 14.9 Å². The summed E-state index contributed by atoms with van der Waals surface area (Å²) in [6.45, 7) is 14.0. The van der Waals surface area contributed by atoms with Gasteiger partial charge in [-0.1, -0.05) is 229 Å². The summed E-state index contributed by atoms with van der Waals surface area (Å²) in [5.41, 5.74) is 26.5. The number of hydrogen-bond acceptors (Lipinski definition) is 2. The third-order valence-electron chi connectivity index (χ3n) is 13.4. The number of benzene rings is 4. The molecule has 5 heteroatoms. The number of aliphatic hydroxyl groups excluding tert-OH is 2. The molecular formula is C66H96N2O2Pd. The summed E-state index contributed by atoms with van der Waals surface area (Å²) >= 11 is 0. The molecule has 392 valence electrons. The second kappa shape index (κ2) is 40.6. The molecule has 0 fully saturated rings. The van der Waals surface area contributed by atoms with Crippen LogP contribution in [0.25, 0.3) is 16.9 Å².